The van der Waals surface area contributed by atoms with E-state index in [4.69, 9.17) is 0 Å². The number of nitrogens with one attached hydrogen (secondary N) is 2. The SMILES string of the molecule is C[C@H](C(=O)Nc1ccc(C(F)(F)F)cc1)N1CCN(CC(=O)Nc2cccc(F)c2)CC1. The lowest BCUT2D eigenvalue weighted by molar-refractivity contribution is -0.137. The third kappa shape index (κ3) is 6.51. The number of halogens is 4. The van der Waals surface area contributed by atoms with Crippen molar-refractivity contribution in [1.29, 1.82) is 0 Å². The molecule has 1 aliphatic rings. The number of carbonyl (C=O) groups is 2. The number of benzene rings is 2. The minimum Gasteiger partial charge on any atom is -0.325 e. The summed E-state index contributed by atoms with van der Waals surface area (Å²) in [5.74, 6) is -1.00. The van der Waals surface area contributed by atoms with E-state index >= 15 is 0 Å². The molecule has 32 heavy (non-hydrogen) atoms. The quantitative estimate of drug-likeness (QED) is 0.660. The highest BCUT2D eigenvalue weighted by atomic mass is 19.4. The lowest BCUT2D eigenvalue weighted by Crippen LogP contribution is -2.53. The summed E-state index contributed by atoms with van der Waals surface area (Å²) < 4.78 is 51.2. The van der Waals surface area contributed by atoms with Crippen molar-refractivity contribution in [2.24, 2.45) is 0 Å². The molecule has 3 rings (SSSR count). The molecule has 1 aliphatic heterocycles. The van der Waals surface area contributed by atoms with Crippen LogP contribution in [0, 0.1) is 5.82 Å². The second-order valence-corrected chi connectivity index (χ2v) is 7.61. The summed E-state index contributed by atoms with van der Waals surface area (Å²) in [5, 5.41) is 5.29. The van der Waals surface area contributed by atoms with Gasteiger partial charge < -0.3 is 10.6 Å². The zero-order valence-corrected chi connectivity index (χ0v) is 17.5. The summed E-state index contributed by atoms with van der Waals surface area (Å²) in [4.78, 5) is 28.6. The number of hydrogen-bond acceptors (Lipinski definition) is 4. The van der Waals surface area contributed by atoms with E-state index in [2.05, 4.69) is 10.6 Å². The zero-order chi connectivity index (χ0) is 23.3. The van der Waals surface area contributed by atoms with Gasteiger partial charge in [-0.2, -0.15) is 13.2 Å². The Labute approximate surface area is 183 Å². The van der Waals surface area contributed by atoms with Crippen LogP contribution in [0.2, 0.25) is 0 Å². The highest BCUT2D eigenvalue weighted by Gasteiger charge is 2.30. The summed E-state index contributed by atoms with van der Waals surface area (Å²) in [6, 6.07) is 9.47. The van der Waals surface area contributed by atoms with Gasteiger partial charge in [-0.3, -0.25) is 19.4 Å². The van der Waals surface area contributed by atoms with E-state index in [0.29, 0.717) is 37.6 Å². The first kappa shape index (κ1) is 23.7. The lowest BCUT2D eigenvalue weighted by atomic mass is 10.1. The minimum absolute atomic E-state index is 0.149. The number of alkyl halides is 3. The Balaban J connectivity index is 1.44. The maximum absolute atomic E-state index is 13.2. The summed E-state index contributed by atoms with van der Waals surface area (Å²) in [7, 11) is 0. The lowest BCUT2D eigenvalue weighted by Gasteiger charge is -2.37. The van der Waals surface area contributed by atoms with E-state index in [-0.39, 0.29) is 18.4 Å². The van der Waals surface area contributed by atoms with E-state index in [1.807, 2.05) is 9.80 Å². The molecule has 1 atom stereocenters. The second-order valence-electron chi connectivity index (χ2n) is 7.61. The normalized spacial score (nSPS) is 16.4. The molecular weight excluding hydrogens is 428 g/mol. The van der Waals surface area contributed by atoms with Crippen LogP contribution in [0.5, 0.6) is 0 Å². The van der Waals surface area contributed by atoms with Gasteiger partial charge in [0.1, 0.15) is 5.82 Å². The fourth-order valence-corrected chi connectivity index (χ4v) is 3.43. The molecule has 0 spiro atoms. The topological polar surface area (TPSA) is 64.7 Å². The summed E-state index contributed by atoms with van der Waals surface area (Å²) >= 11 is 0. The van der Waals surface area contributed by atoms with E-state index in [0.717, 1.165) is 12.1 Å². The molecule has 1 saturated heterocycles. The van der Waals surface area contributed by atoms with E-state index in [9.17, 15) is 27.2 Å². The average molecular weight is 452 g/mol. The second kappa shape index (κ2) is 10.1. The fourth-order valence-electron chi connectivity index (χ4n) is 3.43. The highest BCUT2D eigenvalue weighted by Crippen LogP contribution is 2.29. The van der Waals surface area contributed by atoms with Crippen LogP contribution >= 0.6 is 0 Å². The Hall–Kier alpha value is -2.98. The largest absolute Gasteiger partial charge is 0.416 e. The van der Waals surface area contributed by atoms with Crippen molar-refractivity contribution < 1.29 is 27.2 Å². The molecule has 1 fully saturated rings. The molecule has 0 aromatic heterocycles. The van der Waals surface area contributed by atoms with Crippen molar-refractivity contribution in [2.45, 2.75) is 19.1 Å². The van der Waals surface area contributed by atoms with Gasteiger partial charge >= 0.3 is 6.18 Å². The fraction of sp³-hybridized carbons (Fsp3) is 0.364. The molecule has 2 N–H and O–H groups in total. The Morgan fingerprint density at radius 1 is 0.969 bits per heavy atom. The predicted molar refractivity (Wildman–Crippen MR) is 113 cm³/mol. The van der Waals surface area contributed by atoms with Gasteiger partial charge in [0.15, 0.2) is 0 Å². The van der Waals surface area contributed by atoms with E-state index in [1.165, 1.54) is 30.3 Å². The third-order valence-corrected chi connectivity index (χ3v) is 5.29. The standard InChI is InChI=1S/C22H24F4N4O2/c1-15(21(32)28-18-7-5-16(6-8-18)22(24,25)26)30-11-9-29(10-12-30)14-20(31)27-19-4-2-3-17(23)13-19/h2-8,13,15H,9-12,14H2,1H3,(H,27,31)(H,28,32)/t15-/m1/s1. The third-order valence-electron chi connectivity index (χ3n) is 5.29. The molecule has 2 amide bonds. The van der Waals surface area contributed by atoms with Crippen LogP contribution in [-0.2, 0) is 15.8 Å². The predicted octanol–water partition coefficient (Wildman–Crippen LogP) is 3.43. The van der Waals surface area contributed by atoms with Crippen LogP contribution in [0.15, 0.2) is 48.5 Å². The molecule has 10 heteroatoms. The van der Waals surface area contributed by atoms with Crippen LogP contribution in [-0.4, -0.2) is 60.4 Å². The maximum Gasteiger partial charge on any atom is 0.416 e. The number of carbonyl (C=O) groups excluding carboxylic acids is 2. The van der Waals surface area contributed by atoms with Crippen LogP contribution < -0.4 is 10.6 Å². The van der Waals surface area contributed by atoms with Gasteiger partial charge in [-0.15, -0.1) is 0 Å². The van der Waals surface area contributed by atoms with Crippen LogP contribution in [0.3, 0.4) is 0 Å². The number of hydrogen-bond donors (Lipinski definition) is 2. The smallest absolute Gasteiger partial charge is 0.325 e. The molecule has 0 aliphatic carbocycles. The Morgan fingerprint density at radius 3 is 2.22 bits per heavy atom. The van der Waals surface area contributed by atoms with E-state index in [1.54, 1.807) is 13.0 Å². The molecule has 172 valence electrons. The van der Waals surface area contributed by atoms with E-state index < -0.39 is 23.6 Å². The molecule has 2 aromatic carbocycles. The average Bonchev–Trinajstić information content (AvgIpc) is 2.73. The summed E-state index contributed by atoms with van der Waals surface area (Å²) in [6.45, 7) is 4.11. The zero-order valence-electron chi connectivity index (χ0n) is 17.5. The molecular formula is C22H24F4N4O2. The molecule has 0 radical (unpaired) electrons. The molecule has 6 nitrogen and oxygen atoms in total. The van der Waals surface area contributed by atoms with Crippen molar-refractivity contribution in [2.75, 3.05) is 43.4 Å². The Morgan fingerprint density at radius 2 is 1.62 bits per heavy atom. The van der Waals surface area contributed by atoms with Gasteiger partial charge in [-0.05, 0) is 49.4 Å². The number of rotatable bonds is 6. The maximum atomic E-state index is 13.2. The van der Waals surface area contributed by atoms with Crippen molar-refractivity contribution in [3.63, 3.8) is 0 Å². The van der Waals surface area contributed by atoms with Gasteiger partial charge in [0, 0.05) is 37.6 Å². The minimum atomic E-state index is -4.43. The number of anilines is 2. The van der Waals surface area contributed by atoms with Crippen molar-refractivity contribution in [3.8, 4) is 0 Å². The highest BCUT2D eigenvalue weighted by molar-refractivity contribution is 5.94. The van der Waals surface area contributed by atoms with Gasteiger partial charge in [0.05, 0.1) is 18.2 Å². The Bertz CT molecular complexity index is 942. The van der Waals surface area contributed by atoms with Crippen LogP contribution in [0.25, 0.3) is 0 Å². The van der Waals surface area contributed by atoms with Crippen molar-refractivity contribution in [3.05, 3.63) is 59.9 Å². The monoisotopic (exact) mass is 452 g/mol. The van der Waals surface area contributed by atoms with Gasteiger partial charge in [-0.25, -0.2) is 4.39 Å². The van der Waals surface area contributed by atoms with Gasteiger partial charge in [0.2, 0.25) is 11.8 Å². The first-order valence-corrected chi connectivity index (χ1v) is 10.1. The Kier molecular flexibility index (Phi) is 7.47. The number of amides is 2. The summed E-state index contributed by atoms with van der Waals surface area (Å²) in [6.07, 6.45) is -4.43. The van der Waals surface area contributed by atoms with Crippen molar-refractivity contribution in [1.82, 2.24) is 9.80 Å². The molecule has 1 heterocycles. The number of piperazine rings is 1. The van der Waals surface area contributed by atoms with Gasteiger partial charge in [0.25, 0.3) is 0 Å². The molecule has 0 unspecified atom stereocenters. The first-order chi connectivity index (χ1) is 15.1. The van der Waals surface area contributed by atoms with Gasteiger partial charge in [-0.1, -0.05) is 6.07 Å². The van der Waals surface area contributed by atoms with Crippen LogP contribution in [0.1, 0.15) is 12.5 Å². The van der Waals surface area contributed by atoms with Crippen molar-refractivity contribution >= 4 is 23.2 Å². The molecule has 2 aromatic rings. The molecule has 0 saturated carbocycles. The number of nitrogens with zero attached hydrogens (tertiary/aromatic N) is 2. The van der Waals surface area contributed by atoms with Crippen LogP contribution in [0.4, 0.5) is 28.9 Å². The molecule has 0 bridgehead atoms. The first-order valence-electron chi connectivity index (χ1n) is 10.1. The summed E-state index contributed by atoms with van der Waals surface area (Å²) in [5.41, 5.74) is -0.0918.